The highest BCUT2D eigenvalue weighted by Gasteiger charge is 2.44. The van der Waals surface area contributed by atoms with Gasteiger partial charge >= 0.3 is 0 Å². The number of Topliss-reactive ketones (excluding diaryl/α,β-unsaturated/α-hetero) is 1. The smallest absolute Gasteiger partial charge is 0.222 e. The van der Waals surface area contributed by atoms with Gasteiger partial charge in [-0.1, -0.05) is 53.5 Å². The molecule has 0 unspecified atom stereocenters. The molecule has 0 saturated carbocycles. The lowest BCUT2D eigenvalue weighted by Crippen LogP contribution is -2.52. The Labute approximate surface area is 208 Å². The van der Waals surface area contributed by atoms with Gasteiger partial charge in [0, 0.05) is 37.4 Å². The molecule has 0 N–H and O–H groups in total. The summed E-state index contributed by atoms with van der Waals surface area (Å²) in [7, 11) is 0. The van der Waals surface area contributed by atoms with Crippen LogP contribution in [0.3, 0.4) is 0 Å². The molecule has 1 fully saturated rings. The Morgan fingerprint density at radius 2 is 1.79 bits per heavy atom. The average molecular weight is 498 g/mol. The summed E-state index contributed by atoms with van der Waals surface area (Å²) in [5, 5.41) is 3.07. The van der Waals surface area contributed by atoms with Crippen LogP contribution in [0.25, 0.3) is 10.8 Å². The summed E-state index contributed by atoms with van der Waals surface area (Å²) in [6, 6.07) is 17.4. The van der Waals surface area contributed by atoms with Crippen LogP contribution in [0, 0.1) is 0 Å². The number of hydrogen-bond donors (Lipinski definition) is 0. The van der Waals surface area contributed by atoms with E-state index in [2.05, 4.69) is 12.1 Å². The molecular formula is C27H25Cl2NO4. The van der Waals surface area contributed by atoms with Crippen LogP contribution in [-0.4, -0.2) is 41.9 Å². The Morgan fingerprint density at radius 3 is 2.59 bits per heavy atom. The van der Waals surface area contributed by atoms with E-state index in [1.165, 1.54) is 5.39 Å². The summed E-state index contributed by atoms with van der Waals surface area (Å²) in [5.41, 5.74) is -0.176. The normalized spacial score (nSPS) is 16.9. The summed E-state index contributed by atoms with van der Waals surface area (Å²) < 4.78 is 12.1. The third kappa shape index (κ3) is 4.73. The maximum Gasteiger partial charge on any atom is 0.222 e. The van der Waals surface area contributed by atoms with Crippen LogP contribution in [-0.2, 0) is 4.79 Å². The number of halogens is 2. The van der Waals surface area contributed by atoms with E-state index in [9.17, 15) is 9.59 Å². The first-order valence-corrected chi connectivity index (χ1v) is 12.3. The second-order valence-electron chi connectivity index (χ2n) is 8.99. The third-order valence-electron chi connectivity index (χ3n) is 6.66. The highest BCUT2D eigenvalue weighted by Crippen LogP contribution is 2.44. The van der Waals surface area contributed by atoms with Crippen LogP contribution in [0.2, 0.25) is 10.0 Å². The predicted molar refractivity (Wildman–Crippen MR) is 133 cm³/mol. The maximum absolute atomic E-state index is 12.8. The van der Waals surface area contributed by atoms with E-state index in [-0.39, 0.29) is 18.1 Å². The van der Waals surface area contributed by atoms with Crippen molar-refractivity contribution in [3.63, 3.8) is 0 Å². The summed E-state index contributed by atoms with van der Waals surface area (Å²) in [5.74, 6) is 1.30. The molecule has 2 aliphatic heterocycles. The van der Waals surface area contributed by atoms with Crippen LogP contribution in [0.4, 0.5) is 0 Å². The molecule has 0 atom stereocenters. The third-order valence-corrected chi connectivity index (χ3v) is 7.16. The van der Waals surface area contributed by atoms with Gasteiger partial charge in [0.1, 0.15) is 17.1 Å². The van der Waals surface area contributed by atoms with Crippen LogP contribution in [0.15, 0.2) is 54.6 Å². The molecule has 5 nitrogen and oxygen atoms in total. The van der Waals surface area contributed by atoms with Crippen molar-refractivity contribution in [2.75, 3.05) is 19.7 Å². The highest BCUT2D eigenvalue weighted by molar-refractivity contribution is 6.36. The first-order chi connectivity index (χ1) is 16.4. The molecular weight excluding hydrogens is 473 g/mol. The molecule has 1 spiro atoms. The molecule has 3 aromatic rings. The monoisotopic (exact) mass is 497 g/mol. The van der Waals surface area contributed by atoms with E-state index < -0.39 is 5.60 Å². The minimum Gasteiger partial charge on any atom is -0.494 e. The average Bonchev–Trinajstić information content (AvgIpc) is 2.83. The second-order valence-corrected chi connectivity index (χ2v) is 9.83. The molecule has 0 aliphatic carbocycles. The zero-order chi connectivity index (χ0) is 23.7. The van der Waals surface area contributed by atoms with Gasteiger partial charge in [0.2, 0.25) is 5.91 Å². The van der Waals surface area contributed by atoms with Gasteiger partial charge in [-0.05, 0) is 41.5 Å². The molecule has 0 radical (unpaired) electrons. The molecule has 1 saturated heterocycles. The molecule has 2 heterocycles. The van der Waals surface area contributed by atoms with Gasteiger partial charge in [-0.15, -0.1) is 0 Å². The van der Waals surface area contributed by atoms with Gasteiger partial charge < -0.3 is 14.4 Å². The number of piperidine rings is 1. The number of rotatable bonds is 5. The van der Waals surface area contributed by atoms with Gasteiger partial charge in [0.05, 0.1) is 23.6 Å². The minimum absolute atomic E-state index is 0.0173. The topological polar surface area (TPSA) is 55.8 Å². The zero-order valence-electron chi connectivity index (χ0n) is 18.7. The fourth-order valence-electron chi connectivity index (χ4n) is 4.78. The minimum atomic E-state index is -0.614. The van der Waals surface area contributed by atoms with Crippen LogP contribution in [0.1, 0.15) is 42.5 Å². The molecule has 176 valence electrons. The van der Waals surface area contributed by atoms with Gasteiger partial charge in [-0.25, -0.2) is 0 Å². The number of ether oxygens (including phenoxy) is 2. The number of likely N-dealkylation sites (tertiary alicyclic amines) is 1. The van der Waals surface area contributed by atoms with Crippen molar-refractivity contribution in [3.05, 3.63) is 70.2 Å². The SMILES string of the molecule is O=C1CC2(CCN(C(=O)CCCOc3ccc4ccccc4c3)CC2)Oc2c(Cl)cc(Cl)cc21. The van der Waals surface area contributed by atoms with Crippen LogP contribution < -0.4 is 9.47 Å². The molecule has 0 aromatic heterocycles. The first kappa shape index (κ1) is 23.0. The molecule has 5 rings (SSSR count). The fraction of sp³-hybridized carbons (Fsp3) is 0.333. The van der Waals surface area contributed by atoms with Crippen molar-refractivity contribution in [2.45, 2.75) is 37.7 Å². The number of ketones is 1. The number of carbonyl (C=O) groups is 2. The van der Waals surface area contributed by atoms with Crippen molar-refractivity contribution >= 4 is 45.7 Å². The fourth-order valence-corrected chi connectivity index (χ4v) is 5.31. The molecule has 3 aromatic carbocycles. The van der Waals surface area contributed by atoms with Gasteiger partial charge in [-0.3, -0.25) is 9.59 Å². The summed E-state index contributed by atoms with van der Waals surface area (Å²) in [6.45, 7) is 1.59. The highest BCUT2D eigenvalue weighted by atomic mass is 35.5. The van der Waals surface area contributed by atoms with Crippen molar-refractivity contribution < 1.29 is 19.1 Å². The quantitative estimate of drug-likeness (QED) is 0.386. The number of hydrogen-bond acceptors (Lipinski definition) is 4. The van der Waals surface area contributed by atoms with Gasteiger partial charge in [0.25, 0.3) is 0 Å². The number of fused-ring (bicyclic) bond motifs is 2. The largest absolute Gasteiger partial charge is 0.494 e. The summed E-state index contributed by atoms with van der Waals surface area (Å²) >= 11 is 12.3. The van der Waals surface area contributed by atoms with Crippen molar-refractivity contribution in [3.8, 4) is 11.5 Å². The lowest BCUT2D eigenvalue weighted by molar-refractivity contribution is -0.135. The number of amides is 1. The van der Waals surface area contributed by atoms with Crippen molar-refractivity contribution in [2.24, 2.45) is 0 Å². The standard InChI is InChI=1S/C27H25Cl2NO4/c28-20-15-22-24(31)17-27(34-26(22)23(29)16-20)9-11-30(12-10-27)25(32)6-3-13-33-21-8-7-18-4-1-2-5-19(18)14-21/h1-2,4-5,7-8,14-16H,3,6,9-13,17H2. The predicted octanol–water partition coefficient (Wildman–Crippen LogP) is 6.33. The van der Waals surface area contributed by atoms with E-state index in [0.29, 0.717) is 66.7 Å². The Bertz CT molecular complexity index is 1250. The molecule has 34 heavy (non-hydrogen) atoms. The lowest BCUT2D eigenvalue weighted by Gasteiger charge is -2.44. The van der Waals surface area contributed by atoms with E-state index >= 15 is 0 Å². The lowest BCUT2D eigenvalue weighted by atomic mass is 9.82. The zero-order valence-corrected chi connectivity index (χ0v) is 20.2. The van der Waals surface area contributed by atoms with Crippen LogP contribution in [0.5, 0.6) is 11.5 Å². The number of carbonyl (C=O) groups excluding carboxylic acids is 2. The van der Waals surface area contributed by atoms with Gasteiger partial charge in [-0.2, -0.15) is 0 Å². The summed E-state index contributed by atoms with van der Waals surface area (Å²) in [6.07, 6.45) is 2.53. The molecule has 1 amide bonds. The van der Waals surface area contributed by atoms with Gasteiger partial charge in [0.15, 0.2) is 5.78 Å². The Balaban J connectivity index is 1.11. The Hall–Kier alpha value is -2.76. The Kier molecular flexibility index (Phi) is 6.41. The Morgan fingerprint density at radius 1 is 1.03 bits per heavy atom. The van der Waals surface area contributed by atoms with Crippen LogP contribution >= 0.6 is 23.2 Å². The summed E-state index contributed by atoms with van der Waals surface area (Å²) in [4.78, 5) is 27.3. The van der Waals surface area contributed by atoms with E-state index in [0.717, 1.165) is 11.1 Å². The number of nitrogens with zero attached hydrogens (tertiary/aromatic N) is 1. The van der Waals surface area contributed by atoms with Crippen molar-refractivity contribution in [1.29, 1.82) is 0 Å². The van der Waals surface area contributed by atoms with Crippen molar-refractivity contribution in [1.82, 2.24) is 4.90 Å². The van der Waals surface area contributed by atoms with E-state index in [4.69, 9.17) is 32.7 Å². The second kappa shape index (κ2) is 9.47. The maximum atomic E-state index is 12.8. The molecule has 0 bridgehead atoms. The van der Waals surface area contributed by atoms with E-state index in [1.807, 2.05) is 35.2 Å². The number of benzene rings is 3. The first-order valence-electron chi connectivity index (χ1n) is 11.5. The molecule has 2 aliphatic rings. The van der Waals surface area contributed by atoms with E-state index in [1.54, 1.807) is 12.1 Å². The molecule has 7 heteroatoms.